The largest absolute Gasteiger partial charge is 0.354 e. The summed E-state index contributed by atoms with van der Waals surface area (Å²) in [6.07, 6.45) is 6.33. The number of nitrogens with one attached hydrogen (secondary N) is 2. The number of rotatable bonds is 6. The first-order valence-electron chi connectivity index (χ1n) is 10.1. The van der Waals surface area contributed by atoms with Gasteiger partial charge in [0.05, 0.1) is 12.6 Å². The Hall–Kier alpha value is -1.95. The van der Waals surface area contributed by atoms with Crippen molar-refractivity contribution in [3.8, 4) is 0 Å². The second-order valence-electron chi connectivity index (χ2n) is 7.89. The van der Waals surface area contributed by atoms with E-state index in [9.17, 15) is 14.0 Å². The molecule has 0 aromatic heterocycles. The van der Waals surface area contributed by atoms with Gasteiger partial charge in [-0.1, -0.05) is 25.0 Å². The Morgan fingerprint density at radius 3 is 2.33 bits per heavy atom. The van der Waals surface area contributed by atoms with Gasteiger partial charge in [-0.15, -0.1) is 0 Å². The maximum absolute atomic E-state index is 13.3. The molecule has 1 saturated carbocycles. The SMILES string of the molecule is CC(=O)NC1CCN(CC(=O)NC(c2ccc(F)cc2)C2CCCC2)CC1. The van der Waals surface area contributed by atoms with E-state index in [0.717, 1.165) is 44.3 Å². The number of hydrogen-bond acceptors (Lipinski definition) is 3. The van der Waals surface area contributed by atoms with Crippen LogP contribution in [-0.4, -0.2) is 42.4 Å². The Morgan fingerprint density at radius 1 is 1.11 bits per heavy atom. The van der Waals surface area contributed by atoms with E-state index < -0.39 is 0 Å². The van der Waals surface area contributed by atoms with Crippen LogP contribution in [0.2, 0.25) is 0 Å². The summed E-state index contributed by atoms with van der Waals surface area (Å²) >= 11 is 0. The molecule has 3 rings (SSSR count). The summed E-state index contributed by atoms with van der Waals surface area (Å²) in [4.78, 5) is 26.0. The molecule has 1 aliphatic carbocycles. The zero-order valence-corrected chi connectivity index (χ0v) is 16.0. The standard InChI is InChI=1S/C21H30FN3O2/c1-15(26)23-19-10-12-25(13-11-19)14-20(27)24-21(16-4-2-3-5-16)17-6-8-18(22)9-7-17/h6-9,16,19,21H,2-5,10-14H2,1H3,(H,23,26)(H,24,27). The van der Waals surface area contributed by atoms with Crippen LogP contribution in [0.1, 0.15) is 57.1 Å². The van der Waals surface area contributed by atoms with Crippen LogP contribution in [0, 0.1) is 11.7 Å². The first-order valence-corrected chi connectivity index (χ1v) is 10.1. The zero-order chi connectivity index (χ0) is 19.2. The summed E-state index contributed by atoms with van der Waals surface area (Å²) in [5.74, 6) is 0.196. The summed E-state index contributed by atoms with van der Waals surface area (Å²) in [6.45, 7) is 3.53. The van der Waals surface area contributed by atoms with Crippen molar-refractivity contribution in [3.05, 3.63) is 35.6 Å². The van der Waals surface area contributed by atoms with Crippen molar-refractivity contribution < 1.29 is 14.0 Å². The Balaban J connectivity index is 1.55. The molecule has 27 heavy (non-hydrogen) atoms. The number of benzene rings is 1. The third kappa shape index (κ3) is 5.76. The molecule has 0 spiro atoms. The molecular formula is C21H30FN3O2. The minimum Gasteiger partial charge on any atom is -0.354 e. The third-order valence-corrected chi connectivity index (χ3v) is 5.78. The lowest BCUT2D eigenvalue weighted by atomic mass is 9.91. The molecule has 1 saturated heterocycles. The average molecular weight is 375 g/mol. The van der Waals surface area contributed by atoms with Gasteiger partial charge >= 0.3 is 0 Å². The number of likely N-dealkylation sites (tertiary alicyclic amines) is 1. The lowest BCUT2D eigenvalue weighted by Gasteiger charge is -2.32. The van der Waals surface area contributed by atoms with E-state index >= 15 is 0 Å². The molecule has 1 heterocycles. The minimum atomic E-state index is -0.253. The van der Waals surface area contributed by atoms with Gasteiger partial charge in [-0.25, -0.2) is 4.39 Å². The van der Waals surface area contributed by atoms with E-state index in [1.807, 2.05) is 0 Å². The molecule has 1 aromatic rings. The monoisotopic (exact) mass is 375 g/mol. The normalized spacial score (nSPS) is 20.4. The van der Waals surface area contributed by atoms with Gasteiger partial charge in [-0.3, -0.25) is 14.5 Å². The van der Waals surface area contributed by atoms with Crippen molar-refractivity contribution in [2.24, 2.45) is 5.92 Å². The number of carbonyl (C=O) groups is 2. The van der Waals surface area contributed by atoms with E-state index in [1.165, 1.54) is 25.0 Å². The van der Waals surface area contributed by atoms with Crippen molar-refractivity contribution in [1.29, 1.82) is 0 Å². The van der Waals surface area contributed by atoms with Gasteiger partial charge in [0.25, 0.3) is 0 Å². The predicted molar refractivity (Wildman–Crippen MR) is 103 cm³/mol. The van der Waals surface area contributed by atoms with Gasteiger partial charge in [-0.2, -0.15) is 0 Å². The highest BCUT2D eigenvalue weighted by atomic mass is 19.1. The molecule has 5 nitrogen and oxygen atoms in total. The number of hydrogen-bond donors (Lipinski definition) is 2. The fraction of sp³-hybridized carbons (Fsp3) is 0.619. The van der Waals surface area contributed by atoms with Gasteiger partial charge in [0, 0.05) is 26.1 Å². The Bertz CT molecular complexity index is 635. The molecule has 2 amide bonds. The van der Waals surface area contributed by atoms with Gasteiger partial charge in [0.15, 0.2) is 0 Å². The van der Waals surface area contributed by atoms with Gasteiger partial charge in [0.1, 0.15) is 5.82 Å². The maximum atomic E-state index is 13.3. The van der Waals surface area contributed by atoms with Crippen molar-refractivity contribution >= 4 is 11.8 Å². The fourth-order valence-corrected chi connectivity index (χ4v) is 4.38. The highest BCUT2D eigenvalue weighted by Gasteiger charge is 2.29. The number of halogens is 1. The van der Waals surface area contributed by atoms with Crippen LogP contribution >= 0.6 is 0 Å². The number of amides is 2. The average Bonchev–Trinajstić information content (AvgIpc) is 3.16. The van der Waals surface area contributed by atoms with Crippen molar-refractivity contribution in [3.63, 3.8) is 0 Å². The van der Waals surface area contributed by atoms with Gasteiger partial charge in [0.2, 0.25) is 11.8 Å². The topological polar surface area (TPSA) is 61.4 Å². The summed E-state index contributed by atoms with van der Waals surface area (Å²) < 4.78 is 13.3. The van der Waals surface area contributed by atoms with E-state index in [-0.39, 0.29) is 29.7 Å². The second-order valence-corrected chi connectivity index (χ2v) is 7.89. The van der Waals surface area contributed by atoms with E-state index in [2.05, 4.69) is 15.5 Å². The molecule has 1 aromatic carbocycles. The van der Waals surface area contributed by atoms with Crippen LogP contribution in [0.25, 0.3) is 0 Å². The molecule has 0 radical (unpaired) electrons. The molecule has 0 bridgehead atoms. The van der Waals surface area contributed by atoms with Crippen LogP contribution < -0.4 is 10.6 Å². The first kappa shape index (κ1) is 19.8. The zero-order valence-electron chi connectivity index (χ0n) is 16.0. The first-order chi connectivity index (χ1) is 13.0. The highest BCUT2D eigenvalue weighted by molar-refractivity contribution is 5.78. The highest BCUT2D eigenvalue weighted by Crippen LogP contribution is 2.35. The van der Waals surface area contributed by atoms with Crippen molar-refractivity contribution in [1.82, 2.24) is 15.5 Å². The molecule has 1 unspecified atom stereocenters. The molecule has 1 atom stereocenters. The lowest BCUT2D eigenvalue weighted by Crippen LogP contribution is -2.47. The van der Waals surface area contributed by atoms with E-state index in [1.54, 1.807) is 19.1 Å². The summed E-state index contributed by atoms with van der Waals surface area (Å²) in [5.41, 5.74) is 0.987. The van der Waals surface area contributed by atoms with Crippen LogP contribution in [0.15, 0.2) is 24.3 Å². The van der Waals surface area contributed by atoms with Crippen molar-refractivity contribution in [2.45, 2.75) is 57.5 Å². The van der Waals surface area contributed by atoms with Crippen molar-refractivity contribution in [2.75, 3.05) is 19.6 Å². The van der Waals surface area contributed by atoms with Gasteiger partial charge in [-0.05, 0) is 49.3 Å². The molecule has 6 heteroatoms. The summed E-state index contributed by atoms with van der Waals surface area (Å²) in [7, 11) is 0. The third-order valence-electron chi connectivity index (χ3n) is 5.78. The Morgan fingerprint density at radius 2 is 1.74 bits per heavy atom. The van der Waals surface area contributed by atoms with E-state index in [4.69, 9.17) is 0 Å². The lowest BCUT2D eigenvalue weighted by molar-refractivity contribution is -0.124. The molecular weight excluding hydrogens is 345 g/mol. The predicted octanol–water partition coefficient (Wildman–Crippen LogP) is 2.77. The number of carbonyl (C=O) groups excluding carboxylic acids is 2. The second kappa shape index (κ2) is 9.31. The molecule has 2 aliphatic rings. The molecule has 2 fully saturated rings. The smallest absolute Gasteiger partial charge is 0.234 e. The Labute approximate surface area is 160 Å². The van der Waals surface area contributed by atoms with Gasteiger partial charge < -0.3 is 10.6 Å². The summed E-state index contributed by atoms with van der Waals surface area (Å²) in [6, 6.07) is 6.69. The number of nitrogens with zero attached hydrogens (tertiary/aromatic N) is 1. The molecule has 1 aliphatic heterocycles. The quantitative estimate of drug-likeness (QED) is 0.804. The summed E-state index contributed by atoms with van der Waals surface area (Å²) in [5, 5.41) is 6.17. The maximum Gasteiger partial charge on any atom is 0.234 e. The van der Waals surface area contributed by atoms with Crippen LogP contribution in [0.5, 0.6) is 0 Å². The number of piperidine rings is 1. The van der Waals surface area contributed by atoms with Crippen LogP contribution in [0.3, 0.4) is 0 Å². The molecule has 148 valence electrons. The fourth-order valence-electron chi connectivity index (χ4n) is 4.38. The molecule has 2 N–H and O–H groups in total. The minimum absolute atomic E-state index is 0.00453. The Kier molecular flexibility index (Phi) is 6.83. The van der Waals surface area contributed by atoms with E-state index in [0.29, 0.717) is 12.5 Å². The van der Waals surface area contributed by atoms with Crippen LogP contribution in [0.4, 0.5) is 4.39 Å². The van der Waals surface area contributed by atoms with Crippen LogP contribution in [-0.2, 0) is 9.59 Å².